The molecular formula is C18H21ClN6O. The number of fused-ring (bicyclic) bond motifs is 1. The number of amides is 2. The zero-order valence-corrected chi connectivity index (χ0v) is 15.3. The van der Waals surface area contributed by atoms with Gasteiger partial charge in [0.05, 0.1) is 6.54 Å². The second-order valence-electron chi connectivity index (χ2n) is 6.75. The Morgan fingerprint density at radius 1 is 1.42 bits per heavy atom. The minimum atomic E-state index is -0.0568. The van der Waals surface area contributed by atoms with Crippen LogP contribution < -0.4 is 5.32 Å². The van der Waals surface area contributed by atoms with Gasteiger partial charge in [-0.2, -0.15) is 5.10 Å². The lowest BCUT2D eigenvalue weighted by molar-refractivity contribution is 0.178. The van der Waals surface area contributed by atoms with E-state index in [1.807, 2.05) is 36.1 Å². The molecule has 7 nitrogen and oxygen atoms in total. The fourth-order valence-electron chi connectivity index (χ4n) is 3.46. The molecule has 8 heteroatoms. The highest BCUT2D eigenvalue weighted by Crippen LogP contribution is 2.24. The SMILES string of the molecule is Cc1nc([C@@H]2CCCN(C(=O)NCc3cc4cc(Cl)ccc4[nH]3)C2)n[nH]1. The minimum Gasteiger partial charge on any atom is -0.357 e. The first-order valence-electron chi connectivity index (χ1n) is 8.77. The Hall–Kier alpha value is -2.54. The molecular weight excluding hydrogens is 352 g/mol. The fraction of sp³-hybridized carbons (Fsp3) is 0.389. The fourth-order valence-corrected chi connectivity index (χ4v) is 3.64. The Morgan fingerprint density at radius 3 is 3.12 bits per heavy atom. The van der Waals surface area contributed by atoms with E-state index in [9.17, 15) is 4.79 Å². The molecule has 1 aliphatic heterocycles. The van der Waals surface area contributed by atoms with Crippen molar-refractivity contribution >= 4 is 28.5 Å². The van der Waals surface area contributed by atoms with Gasteiger partial charge in [-0.05, 0) is 44.0 Å². The van der Waals surface area contributed by atoms with Crippen LogP contribution in [0.25, 0.3) is 10.9 Å². The van der Waals surface area contributed by atoms with E-state index < -0.39 is 0 Å². The van der Waals surface area contributed by atoms with Crippen LogP contribution in [-0.4, -0.2) is 44.2 Å². The molecule has 3 heterocycles. The van der Waals surface area contributed by atoms with Crippen LogP contribution in [-0.2, 0) is 6.54 Å². The summed E-state index contributed by atoms with van der Waals surface area (Å²) in [6.45, 7) is 3.74. The number of hydrogen-bond donors (Lipinski definition) is 3. The summed E-state index contributed by atoms with van der Waals surface area (Å²) >= 11 is 6.02. The lowest BCUT2D eigenvalue weighted by Gasteiger charge is -2.31. The van der Waals surface area contributed by atoms with Crippen LogP contribution >= 0.6 is 11.6 Å². The second kappa shape index (κ2) is 6.99. The molecule has 0 bridgehead atoms. The number of nitrogens with one attached hydrogen (secondary N) is 3. The minimum absolute atomic E-state index is 0.0568. The summed E-state index contributed by atoms with van der Waals surface area (Å²) < 4.78 is 0. The van der Waals surface area contributed by atoms with Crippen LogP contribution in [0.4, 0.5) is 4.79 Å². The molecule has 1 aliphatic rings. The third kappa shape index (κ3) is 3.53. The number of carbonyl (C=O) groups excluding carboxylic acids is 1. The average Bonchev–Trinajstić information content (AvgIpc) is 3.25. The lowest BCUT2D eigenvalue weighted by Crippen LogP contribution is -2.44. The summed E-state index contributed by atoms with van der Waals surface area (Å²) in [7, 11) is 0. The van der Waals surface area contributed by atoms with E-state index >= 15 is 0 Å². The molecule has 3 N–H and O–H groups in total. The van der Waals surface area contributed by atoms with E-state index in [1.54, 1.807) is 0 Å². The van der Waals surface area contributed by atoms with Crippen LogP contribution in [0.2, 0.25) is 5.02 Å². The number of halogens is 1. The maximum absolute atomic E-state index is 12.6. The van der Waals surface area contributed by atoms with E-state index in [0.29, 0.717) is 18.1 Å². The summed E-state index contributed by atoms with van der Waals surface area (Å²) in [5.41, 5.74) is 1.96. The average molecular weight is 373 g/mol. The summed E-state index contributed by atoms with van der Waals surface area (Å²) in [5.74, 6) is 1.79. The molecule has 0 radical (unpaired) electrons. The van der Waals surface area contributed by atoms with E-state index in [2.05, 4.69) is 25.5 Å². The largest absolute Gasteiger partial charge is 0.357 e. The van der Waals surface area contributed by atoms with Gasteiger partial charge in [0.2, 0.25) is 0 Å². The van der Waals surface area contributed by atoms with E-state index in [1.165, 1.54) is 0 Å². The normalized spacial score (nSPS) is 17.6. The van der Waals surface area contributed by atoms with Crippen LogP contribution in [0.3, 0.4) is 0 Å². The van der Waals surface area contributed by atoms with Crippen molar-refractivity contribution in [3.63, 3.8) is 0 Å². The number of hydrogen-bond acceptors (Lipinski definition) is 3. The van der Waals surface area contributed by atoms with Crippen LogP contribution in [0.15, 0.2) is 24.3 Å². The molecule has 26 heavy (non-hydrogen) atoms. The molecule has 0 aliphatic carbocycles. The molecule has 0 saturated carbocycles. The highest BCUT2D eigenvalue weighted by molar-refractivity contribution is 6.31. The second-order valence-corrected chi connectivity index (χ2v) is 7.19. The van der Waals surface area contributed by atoms with Gasteiger partial charge >= 0.3 is 6.03 Å². The molecule has 2 amide bonds. The number of aromatic nitrogens is 4. The van der Waals surface area contributed by atoms with Crippen molar-refractivity contribution in [3.05, 3.63) is 46.6 Å². The Labute approximate surface area is 156 Å². The number of carbonyl (C=O) groups is 1. The Kier molecular flexibility index (Phi) is 4.55. The highest BCUT2D eigenvalue weighted by atomic mass is 35.5. The molecule has 1 fully saturated rings. The maximum Gasteiger partial charge on any atom is 0.317 e. The van der Waals surface area contributed by atoms with Gasteiger partial charge < -0.3 is 15.2 Å². The van der Waals surface area contributed by atoms with Crippen molar-refractivity contribution in [1.29, 1.82) is 0 Å². The molecule has 2 aromatic heterocycles. The smallest absolute Gasteiger partial charge is 0.317 e. The van der Waals surface area contributed by atoms with Crippen molar-refractivity contribution in [2.24, 2.45) is 0 Å². The van der Waals surface area contributed by atoms with Gasteiger partial charge in [-0.3, -0.25) is 5.10 Å². The Bertz CT molecular complexity index is 933. The molecule has 1 saturated heterocycles. The number of benzene rings is 1. The molecule has 1 atom stereocenters. The number of urea groups is 1. The van der Waals surface area contributed by atoms with Gasteiger partial charge in [-0.25, -0.2) is 9.78 Å². The Balaban J connectivity index is 1.37. The number of rotatable bonds is 3. The van der Waals surface area contributed by atoms with Crippen molar-refractivity contribution in [2.45, 2.75) is 32.2 Å². The molecule has 3 aromatic rings. The summed E-state index contributed by atoms with van der Waals surface area (Å²) in [4.78, 5) is 22.1. The van der Waals surface area contributed by atoms with Crippen LogP contribution in [0, 0.1) is 6.92 Å². The predicted molar refractivity (Wildman–Crippen MR) is 100 cm³/mol. The first kappa shape index (κ1) is 16.9. The summed E-state index contributed by atoms with van der Waals surface area (Å²) in [5, 5.41) is 11.9. The Morgan fingerprint density at radius 2 is 2.31 bits per heavy atom. The quantitative estimate of drug-likeness (QED) is 0.658. The van der Waals surface area contributed by atoms with Gasteiger partial charge in [-0.15, -0.1) is 0 Å². The number of nitrogens with zero attached hydrogens (tertiary/aromatic N) is 3. The third-order valence-electron chi connectivity index (χ3n) is 4.76. The van der Waals surface area contributed by atoms with E-state index in [0.717, 1.165) is 47.6 Å². The number of aromatic amines is 2. The molecule has 4 rings (SSSR count). The van der Waals surface area contributed by atoms with Crippen molar-refractivity contribution in [3.8, 4) is 0 Å². The van der Waals surface area contributed by atoms with Crippen molar-refractivity contribution in [2.75, 3.05) is 13.1 Å². The maximum atomic E-state index is 12.6. The zero-order valence-electron chi connectivity index (χ0n) is 14.6. The molecule has 0 spiro atoms. The third-order valence-corrected chi connectivity index (χ3v) is 4.99. The summed E-state index contributed by atoms with van der Waals surface area (Å²) in [6, 6.07) is 7.65. The monoisotopic (exact) mass is 372 g/mol. The highest BCUT2D eigenvalue weighted by Gasteiger charge is 2.27. The zero-order chi connectivity index (χ0) is 18.1. The predicted octanol–water partition coefficient (Wildman–Crippen LogP) is 3.34. The summed E-state index contributed by atoms with van der Waals surface area (Å²) in [6.07, 6.45) is 1.96. The molecule has 1 aromatic carbocycles. The van der Waals surface area contributed by atoms with Gasteiger partial charge in [0.15, 0.2) is 5.82 Å². The number of piperidine rings is 1. The van der Waals surface area contributed by atoms with Crippen LogP contribution in [0.1, 0.15) is 36.1 Å². The van der Waals surface area contributed by atoms with Gasteiger partial charge in [0.25, 0.3) is 0 Å². The lowest BCUT2D eigenvalue weighted by atomic mass is 9.98. The number of aryl methyl sites for hydroxylation is 1. The first-order chi connectivity index (χ1) is 12.6. The van der Waals surface area contributed by atoms with Crippen molar-refractivity contribution in [1.82, 2.24) is 30.4 Å². The standard InChI is InChI=1S/C18H21ClN6O/c1-11-21-17(24-23-11)12-3-2-6-25(10-12)18(26)20-9-15-8-13-7-14(19)4-5-16(13)22-15/h4-5,7-8,12,22H,2-3,6,9-10H2,1H3,(H,20,26)(H,21,23,24)/t12-/m1/s1. The van der Waals surface area contributed by atoms with Crippen molar-refractivity contribution < 1.29 is 4.79 Å². The molecule has 136 valence electrons. The topological polar surface area (TPSA) is 89.7 Å². The number of H-pyrrole nitrogens is 2. The molecule has 0 unspecified atom stereocenters. The first-order valence-corrected chi connectivity index (χ1v) is 9.15. The van der Waals surface area contributed by atoms with Gasteiger partial charge in [0, 0.05) is 40.6 Å². The van der Waals surface area contributed by atoms with Gasteiger partial charge in [0.1, 0.15) is 5.82 Å². The van der Waals surface area contributed by atoms with E-state index in [-0.39, 0.29) is 11.9 Å². The van der Waals surface area contributed by atoms with Gasteiger partial charge in [-0.1, -0.05) is 11.6 Å². The number of likely N-dealkylation sites (tertiary alicyclic amines) is 1. The van der Waals surface area contributed by atoms with E-state index in [4.69, 9.17) is 11.6 Å². The van der Waals surface area contributed by atoms with Crippen LogP contribution in [0.5, 0.6) is 0 Å².